The fourth-order valence-corrected chi connectivity index (χ4v) is 6.77. The zero-order chi connectivity index (χ0) is 24.5. The summed E-state index contributed by atoms with van der Waals surface area (Å²) >= 11 is 0. The fourth-order valence-electron chi connectivity index (χ4n) is 6.77. The first-order chi connectivity index (χ1) is 16.4. The van der Waals surface area contributed by atoms with Gasteiger partial charge in [0.25, 0.3) is 0 Å². The van der Waals surface area contributed by atoms with Crippen LogP contribution in [0, 0.1) is 35.5 Å². The number of esters is 2. The van der Waals surface area contributed by atoms with Crippen LogP contribution in [0.5, 0.6) is 0 Å². The highest BCUT2D eigenvalue weighted by Gasteiger charge is 2.48. The van der Waals surface area contributed by atoms with Gasteiger partial charge in [0.2, 0.25) is 0 Å². The van der Waals surface area contributed by atoms with E-state index in [0.717, 1.165) is 50.4 Å². The highest BCUT2D eigenvalue weighted by molar-refractivity contribution is 5.88. The zero-order valence-electron chi connectivity index (χ0n) is 21.2. The number of hydrogen-bond acceptors (Lipinski definition) is 6. The molecule has 192 valence electrons. The molecule has 34 heavy (non-hydrogen) atoms. The van der Waals surface area contributed by atoms with Crippen molar-refractivity contribution in [3.05, 3.63) is 0 Å². The maximum absolute atomic E-state index is 11.5. The Kier molecular flexibility index (Phi) is 10.6. The minimum absolute atomic E-state index is 0.191. The fraction of sp³-hybridized carbons (Fsp3) is 0.857. The van der Waals surface area contributed by atoms with Gasteiger partial charge in [-0.1, -0.05) is 25.7 Å². The molecule has 0 saturated heterocycles. The molecule has 0 aliphatic heterocycles. The van der Waals surface area contributed by atoms with Gasteiger partial charge in [0.1, 0.15) is 11.6 Å². The molecule has 6 unspecified atom stereocenters. The minimum atomic E-state index is -0.191. The number of fused-ring (bicyclic) bond motifs is 2. The molecule has 6 atom stereocenters. The highest BCUT2D eigenvalue weighted by atomic mass is 16.5. The Bertz CT molecular complexity index is 656. The minimum Gasteiger partial charge on any atom is -0.466 e. The first-order valence-corrected chi connectivity index (χ1v) is 13.7. The number of carbonyl (C=O) groups excluding carboxylic acids is 4. The summed E-state index contributed by atoms with van der Waals surface area (Å²) in [5, 5.41) is 0. The average Bonchev–Trinajstić information content (AvgIpc) is 3.28. The summed E-state index contributed by atoms with van der Waals surface area (Å²) in [7, 11) is 0. The average molecular weight is 477 g/mol. The lowest BCUT2D eigenvalue weighted by atomic mass is 9.70. The van der Waals surface area contributed by atoms with Crippen molar-refractivity contribution in [2.45, 2.75) is 104 Å². The topological polar surface area (TPSA) is 86.7 Å². The summed E-state index contributed by atoms with van der Waals surface area (Å²) in [6.45, 7) is 3.98. The Hall–Kier alpha value is -1.72. The van der Waals surface area contributed by atoms with E-state index in [9.17, 15) is 19.2 Å². The summed E-state index contributed by atoms with van der Waals surface area (Å²) in [5.74, 6) is 4.27. The van der Waals surface area contributed by atoms with E-state index in [0.29, 0.717) is 48.5 Å². The molecule has 0 aromatic rings. The van der Waals surface area contributed by atoms with Crippen LogP contribution in [0.2, 0.25) is 0 Å². The maximum Gasteiger partial charge on any atom is 0.302 e. The number of ketones is 2. The zero-order valence-corrected chi connectivity index (χ0v) is 21.2. The second kappa shape index (κ2) is 13.4. The van der Waals surface area contributed by atoms with Gasteiger partial charge in [0.15, 0.2) is 0 Å². The van der Waals surface area contributed by atoms with Crippen LogP contribution in [-0.2, 0) is 28.7 Å². The van der Waals surface area contributed by atoms with E-state index in [-0.39, 0.29) is 11.9 Å². The molecule has 0 amide bonds. The summed E-state index contributed by atoms with van der Waals surface area (Å²) in [5.41, 5.74) is 0. The number of Topliss-reactive ketones (excluding diaryl/α,β-unsaturated/α-hetero) is 2. The largest absolute Gasteiger partial charge is 0.466 e. The molecule has 4 aliphatic rings. The lowest BCUT2D eigenvalue weighted by molar-refractivity contribution is -0.142. The predicted octanol–water partition coefficient (Wildman–Crippen LogP) is 5.45. The molecule has 0 radical (unpaired) electrons. The Balaban J connectivity index is 0.000000191. The van der Waals surface area contributed by atoms with Crippen LogP contribution >= 0.6 is 0 Å². The van der Waals surface area contributed by atoms with Crippen LogP contribution in [0.15, 0.2) is 0 Å². The molecule has 0 bridgehead atoms. The third-order valence-electron chi connectivity index (χ3n) is 8.57. The summed E-state index contributed by atoms with van der Waals surface area (Å²) in [6, 6.07) is 0. The van der Waals surface area contributed by atoms with Gasteiger partial charge in [-0.2, -0.15) is 0 Å². The van der Waals surface area contributed by atoms with Crippen LogP contribution in [0.4, 0.5) is 0 Å². The van der Waals surface area contributed by atoms with Gasteiger partial charge in [-0.3, -0.25) is 19.2 Å². The number of rotatable bonds is 12. The van der Waals surface area contributed by atoms with E-state index in [1.165, 1.54) is 65.2 Å². The lowest BCUT2D eigenvalue weighted by Crippen LogP contribution is -2.36. The highest BCUT2D eigenvalue weighted by Crippen LogP contribution is 2.50. The van der Waals surface area contributed by atoms with Gasteiger partial charge in [0.05, 0.1) is 13.2 Å². The smallest absolute Gasteiger partial charge is 0.302 e. The van der Waals surface area contributed by atoms with Crippen molar-refractivity contribution < 1.29 is 28.7 Å². The summed E-state index contributed by atoms with van der Waals surface area (Å²) in [4.78, 5) is 44.0. The van der Waals surface area contributed by atoms with Crippen LogP contribution in [0.3, 0.4) is 0 Å². The maximum atomic E-state index is 11.5. The van der Waals surface area contributed by atoms with Crippen molar-refractivity contribution in [3.8, 4) is 0 Å². The molecule has 0 spiro atoms. The quantitative estimate of drug-likeness (QED) is 0.275. The normalized spacial score (nSPS) is 30.9. The molecule has 4 saturated carbocycles. The molecular formula is C28H44O6. The Morgan fingerprint density at radius 3 is 1.41 bits per heavy atom. The molecule has 4 rings (SSSR count). The van der Waals surface area contributed by atoms with Crippen LogP contribution < -0.4 is 0 Å². The molecule has 0 N–H and O–H groups in total. The summed E-state index contributed by atoms with van der Waals surface area (Å²) < 4.78 is 9.77. The first-order valence-electron chi connectivity index (χ1n) is 13.7. The van der Waals surface area contributed by atoms with Crippen LogP contribution in [-0.4, -0.2) is 36.7 Å². The van der Waals surface area contributed by atoms with E-state index in [1.54, 1.807) is 0 Å². The molecule has 6 heteroatoms. The van der Waals surface area contributed by atoms with Crippen molar-refractivity contribution in [3.63, 3.8) is 0 Å². The monoisotopic (exact) mass is 476 g/mol. The number of carbonyl (C=O) groups is 4. The number of ether oxygens (including phenoxy) is 2. The molecule has 4 aliphatic carbocycles. The van der Waals surface area contributed by atoms with E-state index >= 15 is 0 Å². The second-order valence-corrected chi connectivity index (χ2v) is 11.0. The van der Waals surface area contributed by atoms with Gasteiger partial charge in [-0.25, -0.2) is 0 Å². The van der Waals surface area contributed by atoms with E-state index in [4.69, 9.17) is 9.47 Å². The summed E-state index contributed by atoms with van der Waals surface area (Å²) in [6.07, 6.45) is 15.6. The number of unbranched alkanes of at least 4 members (excludes halogenated alkanes) is 4. The van der Waals surface area contributed by atoms with Crippen molar-refractivity contribution in [1.82, 2.24) is 0 Å². The van der Waals surface area contributed by atoms with Crippen molar-refractivity contribution in [2.24, 2.45) is 35.5 Å². The van der Waals surface area contributed by atoms with Gasteiger partial charge >= 0.3 is 11.9 Å². The molecule has 0 aromatic heterocycles. The Morgan fingerprint density at radius 2 is 1.06 bits per heavy atom. The molecule has 6 nitrogen and oxygen atoms in total. The first kappa shape index (κ1) is 26.9. The molecule has 4 fully saturated rings. The third-order valence-corrected chi connectivity index (χ3v) is 8.57. The number of hydrogen-bond donors (Lipinski definition) is 0. The van der Waals surface area contributed by atoms with Gasteiger partial charge < -0.3 is 9.47 Å². The SMILES string of the molecule is CC(=O)OCCCCCC1CCC2CC(=O)C12.CC(=O)OCCCCCC1CCC2CC(=O)C12. The standard InChI is InChI=1S/2C14H22O3/c2*1-10(15)17-8-4-2-3-5-11-6-7-12-9-13(16)14(11)12/h2*11-12,14H,2-9H2,1H3. The molecule has 0 aromatic carbocycles. The Morgan fingerprint density at radius 1 is 0.647 bits per heavy atom. The van der Waals surface area contributed by atoms with Crippen molar-refractivity contribution in [1.29, 1.82) is 0 Å². The van der Waals surface area contributed by atoms with E-state index in [2.05, 4.69) is 0 Å². The van der Waals surface area contributed by atoms with Crippen molar-refractivity contribution >= 4 is 23.5 Å². The van der Waals surface area contributed by atoms with Gasteiger partial charge in [-0.05, 0) is 75.0 Å². The van der Waals surface area contributed by atoms with E-state index in [1.807, 2.05) is 0 Å². The van der Waals surface area contributed by atoms with Gasteiger partial charge in [0, 0.05) is 38.5 Å². The van der Waals surface area contributed by atoms with E-state index < -0.39 is 0 Å². The Labute approximate surface area is 204 Å². The van der Waals surface area contributed by atoms with Crippen LogP contribution in [0.25, 0.3) is 0 Å². The molecular weight excluding hydrogens is 432 g/mol. The second-order valence-electron chi connectivity index (χ2n) is 11.0. The third kappa shape index (κ3) is 7.64. The molecule has 0 heterocycles. The predicted molar refractivity (Wildman–Crippen MR) is 129 cm³/mol. The van der Waals surface area contributed by atoms with Crippen LogP contribution in [0.1, 0.15) is 104 Å². The lowest BCUT2D eigenvalue weighted by Gasteiger charge is -2.32. The van der Waals surface area contributed by atoms with Crippen molar-refractivity contribution in [2.75, 3.05) is 13.2 Å². The van der Waals surface area contributed by atoms with Gasteiger partial charge in [-0.15, -0.1) is 0 Å².